The average Bonchev–Trinajstić information content (AvgIpc) is 2.41. The molecule has 1 aliphatic rings. The molecule has 4 nitrogen and oxygen atoms in total. The second kappa shape index (κ2) is 6.22. The number of carboxylic acid groups (broad SMARTS) is 1. The van der Waals surface area contributed by atoms with Crippen LogP contribution in [0.15, 0.2) is 34.8 Å². The number of allylic oxidation sites excluding steroid dienone is 2. The van der Waals surface area contributed by atoms with Gasteiger partial charge < -0.3 is 10.4 Å². The maximum atomic E-state index is 12.3. The highest BCUT2D eigenvalue weighted by atomic mass is 79.9. The molecule has 0 aromatic heterocycles. The number of benzene rings is 1. The van der Waals surface area contributed by atoms with Gasteiger partial charge in [0.1, 0.15) is 0 Å². The summed E-state index contributed by atoms with van der Waals surface area (Å²) in [5, 5.41) is 12.0. The summed E-state index contributed by atoms with van der Waals surface area (Å²) >= 11 is 3.37. The number of nitrogens with one attached hydrogen (secondary N) is 1. The Balaban J connectivity index is 2.14. The van der Waals surface area contributed by atoms with Crippen molar-refractivity contribution in [3.8, 4) is 0 Å². The summed E-state index contributed by atoms with van der Waals surface area (Å²) < 4.78 is 0.942. The van der Waals surface area contributed by atoms with E-state index < -0.39 is 17.8 Å². The number of hydrogen-bond acceptors (Lipinski definition) is 2. The van der Waals surface area contributed by atoms with Crippen LogP contribution in [0.25, 0.3) is 0 Å². The maximum Gasteiger partial charge on any atom is 0.307 e. The van der Waals surface area contributed by atoms with Gasteiger partial charge in [-0.25, -0.2) is 0 Å². The summed E-state index contributed by atoms with van der Waals surface area (Å²) in [5.41, 5.74) is 1.66. The quantitative estimate of drug-likeness (QED) is 0.831. The number of rotatable bonds is 3. The van der Waals surface area contributed by atoms with Crippen LogP contribution in [-0.4, -0.2) is 17.0 Å². The van der Waals surface area contributed by atoms with Crippen LogP contribution >= 0.6 is 15.9 Å². The van der Waals surface area contributed by atoms with E-state index in [1.54, 1.807) is 0 Å². The molecule has 0 aliphatic heterocycles. The molecule has 0 saturated carbocycles. The van der Waals surface area contributed by atoms with E-state index in [1.165, 1.54) is 0 Å². The molecule has 20 heavy (non-hydrogen) atoms. The minimum atomic E-state index is -0.915. The highest BCUT2D eigenvalue weighted by molar-refractivity contribution is 9.10. The molecule has 1 aromatic rings. The molecule has 1 aromatic carbocycles. The summed E-state index contributed by atoms with van der Waals surface area (Å²) in [6.07, 6.45) is 4.58. The number of amides is 1. The Labute approximate surface area is 126 Å². The Morgan fingerprint density at radius 1 is 1.25 bits per heavy atom. The third-order valence-electron chi connectivity index (χ3n) is 3.53. The SMILES string of the molecule is Cc1cc(Br)ccc1NC(=O)C1CC=CCC1C(=O)O. The minimum absolute atomic E-state index is 0.229. The molecular formula is C15H16BrNO3. The predicted octanol–water partition coefficient (Wildman–Crippen LogP) is 3.36. The van der Waals surface area contributed by atoms with E-state index in [1.807, 2.05) is 37.3 Å². The van der Waals surface area contributed by atoms with E-state index in [4.69, 9.17) is 0 Å². The van der Waals surface area contributed by atoms with Crippen molar-refractivity contribution in [1.82, 2.24) is 0 Å². The van der Waals surface area contributed by atoms with Gasteiger partial charge in [0.2, 0.25) is 5.91 Å². The zero-order chi connectivity index (χ0) is 14.7. The monoisotopic (exact) mass is 337 g/mol. The molecule has 1 amide bonds. The third kappa shape index (κ3) is 3.28. The Kier molecular flexibility index (Phi) is 4.60. The number of carbonyl (C=O) groups excluding carboxylic acids is 1. The number of hydrogen-bond donors (Lipinski definition) is 2. The van der Waals surface area contributed by atoms with Crippen molar-refractivity contribution in [3.63, 3.8) is 0 Å². The largest absolute Gasteiger partial charge is 0.481 e. The normalized spacial score (nSPS) is 21.5. The smallest absolute Gasteiger partial charge is 0.307 e. The Bertz CT molecular complexity index is 568. The van der Waals surface area contributed by atoms with E-state index >= 15 is 0 Å². The van der Waals surface area contributed by atoms with E-state index in [0.29, 0.717) is 12.8 Å². The maximum absolute atomic E-state index is 12.3. The van der Waals surface area contributed by atoms with Crippen LogP contribution in [0.4, 0.5) is 5.69 Å². The van der Waals surface area contributed by atoms with Gasteiger partial charge in [-0.15, -0.1) is 0 Å². The van der Waals surface area contributed by atoms with Crippen LogP contribution in [0.3, 0.4) is 0 Å². The molecule has 0 spiro atoms. The fourth-order valence-electron chi connectivity index (χ4n) is 2.37. The number of aliphatic carboxylic acids is 1. The molecule has 0 radical (unpaired) electrons. The van der Waals surface area contributed by atoms with E-state index in [2.05, 4.69) is 21.2 Å². The Morgan fingerprint density at radius 3 is 2.50 bits per heavy atom. The summed E-state index contributed by atoms with van der Waals surface area (Å²) in [5.74, 6) is -2.30. The highest BCUT2D eigenvalue weighted by Gasteiger charge is 2.34. The highest BCUT2D eigenvalue weighted by Crippen LogP contribution is 2.28. The van der Waals surface area contributed by atoms with Crippen molar-refractivity contribution in [2.75, 3.05) is 5.32 Å². The van der Waals surface area contributed by atoms with Gasteiger partial charge in [-0.1, -0.05) is 28.1 Å². The molecule has 2 N–H and O–H groups in total. The van der Waals surface area contributed by atoms with Gasteiger partial charge in [0.15, 0.2) is 0 Å². The van der Waals surface area contributed by atoms with Gasteiger partial charge in [0.05, 0.1) is 11.8 Å². The summed E-state index contributed by atoms with van der Waals surface area (Å²) in [7, 11) is 0. The van der Waals surface area contributed by atoms with Crippen LogP contribution in [-0.2, 0) is 9.59 Å². The molecule has 2 atom stereocenters. The van der Waals surface area contributed by atoms with Crippen molar-refractivity contribution in [2.45, 2.75) is 19.8 Å². The third-order valence-corrected chi connectivity index (χ3v) is 4.03. The standard InChI is InChI=1S/C15H16BrNO3/c1-9-8-10(16)6-7-13(9)17-14(18)11-4-2-3-5-12(11)15(19)20/h2-3,6-8,11-12H,4-5H2,1H3,(H,17,18)(H,19,20). The molecule has 106 valence electrons. The molecule has 0 saturated heterocycles. The zero-order valence-corrected chi connectivity index (χ0v) is 12.7. The average molecular weight is 338 g/mol. The Morgan fingerprint density at radius 2 is 1.90 bits per heavy atom. The molecule has 5 heteroatoms. The van der Waals surface area contributed by atoms with E-state index in [-0.39, 0.29) is 5.91 Å². The number of aryl methyl sites for hydroxylation is 1. The fourth-order valence-corrected chi connectivity index (χ4v) is 2.85. The van der Waals surface area contributed by atoms with Gasteiger partial charge in [-0.2, -0.15) is 0 Å². The van der Waals surface area contributed by atoms with Crippen molar-refractivity contribution < 1.29 is 14.7 Å². The topological polar surface area (TPSA) is 66.4 Å². The van der Waals surface area contributed by atoms with Gasteiger partial charge in [0, 0.05) is 10.2 Å². The Hall–Kier alpha value is -1.62. The molecule has 1 aliphatic carbocycles. The first-order chi connectivity index (χ1) is 9.49. The van der Waals surface area contributed by atoms with Crippen molar-refractivity contribution >= 4 is 33.5 Å². The lowest BCUT2D eigenvalue weighted by Gasteiger charge is -2.24. The molecule has 0 bridgehead atoms. The van der Waals surface area contributed by atoms with Crippen molar-refractivity contribution in [2.24, 2.45) is 11.8 Å². The lowest BCUT2D eigenvalue weighted by atomic mass is 9.82. The first-order valence-corrected chi connectivity index (χ1v) is 7.23. The van der Waals surface area contributed by atoms with Crippen LogP contribution in [0, 0.1) is 18.8 Å². The van der Waals surface area contributed by atoms with Gasteiger partial charge in [0.25, 0.3) is 0 Å². The van der Waals surface area contributed by atoms with E-state index in [9.17, 15) is 14.7 Å². The molecule has 2 unspecified atom stereocenters. The first kappa shape index (κ1) is 14.8. The summed E-state index contributed by atoms with van der Waals surface area (Å²) in [6, 6.07) is 5.56. The van der Waals surface area contributed by atoms with Crippen LogP contribution in [0.5, 0.6) is 0 Å². The van der Waals surface area contributed by atoms with Crippen LogP contribution in [0.1, 0.15) is 18.4 Å². The number of anilines is 1. The second-order valence-corrected chi connectivity index (χ2v) is 5.86. The molecule has 0 heterocycles. The van der Waals surface area contributed by atoms with E-state index in [0.717, 1.165) is 15.7 Å². The fraction of sp³-hybridized carbons (Fsp3) is 0.333. The summed E-state index contributed by atoms with van der Waals surface area (Å²) in [6.45, 7) is 1.90. The number of carboxylic acids is 1. The van der Waals surface area contributed by atoms with Crippen LogP contribution in [0.2, 0.25) is 0 Å². The molecule has 0 fully saturated rings. The minimum Gasteiger partial charge on any atom is -0.481 e. The van der Waals surface area contributed by atoms with Gasteiger partial charge in [-0.05, 0) is 43.5 Å². The number of carbonyl (C=O) groups is 2. The number of halogens is 1. The first-order valence-electron chi connectivity index (χ1n) is 6.44. The van der Waals surface area contributed by atoms with Crippen molar-refractivity contribution in [1.29, 1.82) is 0 Å². The lowest BCUT2D eigenvalue weighted by Crippen LogP contribution is -2.34. The molecular weight excluding hydrogens is 322 g/mol. The van der Waals surface area contributed by atoms with Gasteiger partial charge >= 0.3 is 5.97 Å². The van der Waals surface area contributed by atoms with Gasteiger partial charge in [-0.3, -0.25) is 9.59 Å². The second-order valence-electron chi connectivity index (χ2n) is 4.94. The van der Waals surface area contributed by atoms with Crippen molar-refractivity contribution in [3.05, 3.63) is 40.4 Å². The predicted molar refractivity (Wildman–Crippen MR) is 80.5 cm³/mol. The zero-order valence-electron chi connectivity index (χ0n) is 11.1. The summed E-state index contributed by atoms with van der Waals surface area (Å²) in [4.78, 5) is 23.5. The lowest BCUT2D eigenvalue weighted by molar-refractivity contribution is -0.146. The van der Waals surface area contributed by atoms with Crippen LogP contribution < -0.4 is 5.32 Å². The molecule has 2 rings (SSSR count).